The molecule has 0 aromatic heterocycles. The van der Waals surface area contributed by atoms with E-state index >= 15 is 0 Å². The number of hydrogen-bond donors (Lipinski definition) is 2. The first-order valence-corrected chi connectivity index (χ1v) is 8.33. The smallest absolute Gasteiger partial charge is 0.193 e. The summed E-state index contributed by atoms with van der Waals surface area (Å²) >= 11 is 0. The Morgan fingerprint density at radius 3 is 2.33 bits per heavy atom. The Labute approximate surface area is 178 Å². The van der Waals surface area contributed by atoms with Gasteiger partial charge >= 0.3 is 0 Å². The van der Waals surface area contributed by atoms with Gasteiger partial charge in [-0.15, -0.1) is 24.0 Å². The molecule has 0 aliphatic rings. The summed E-state index contributed by atoms with van der Waals surface area (Å²) in [6.07, 6.45) is 0. The summed E-state index contributed by atoms with van der Waals surface area (Å²) in [4.78, 5) is 4.49. The SMILES string of the molecule is COc1cccc(NC(N)=NCC(C)(C)c2ccc(OC)c(OC)c2)c1.I. The molecule has 6 nitrogen and oxygen atoms in total. The zero-order valence-electron chi connectivity index (χ0n) is 16.4. The lowest BCUT2D eigenvalue weighted by atomic mass is 9.84. The van der Waals surface area contributed by atoms with Gasteiger partial charge in [0.15, 0.2) is 17.5 Å². The minimum atomic E-state index is -0.222. The molecule has 0 unspecified atom stereocenters. The fourth-order valence-corrected chi connectivity index (χ4v) is 2.52. The normalized spacial score (nSPS) is 11.4. The minimum Gasteiger partial charge on any atom is -0.497 e. The summed E-state index contributed by atoms with van der Waals surface area (Å²) in [6.45, 7) is 4.73. The maximum Gasteiger partial charge on any atom is 0.193 e. The molecule has 0 saturated heterocycles. The number of guanidine groups is 1. The predicted molar refractivity (Wildman–Crippen MR) is 121 cm³/mol. The topological polar surface area (TPSA) is 78.1 Å². The number of nitrogens with one attached hydrogen (secondary N) is 1. The Balaban J connectivity index is 0.00000364. The number of ether oxygens (including phenoxy) is 3. The fraction of sp³-hybridized carbons (Fsp3) is 0.350. The van der Waals surface area contributed by atoms with Gasteiger partial charge in [0.2, 0.25) is 0 Å². The molecule has 0 heterocycles. The van der Waals surface area contributed by atoms with Gasteiger partial charge in [-0.2, -0.15) is 0 Å². The Morgan fingerprint density at radius 2 is 1.70 bits per heavy atom. The number of rotatable bonds is 7. The Kier molecular flexibility index (Phi) is 8.68. The van der Waals surface area contributed by atoms with E-state index < -0.39 is 0 Å². The van der Waals surface area contributed by atoms with E-state index in [2.05, 4.69) is 24.2 Å². The Hall–Kier alpha value is -2.16. The first-order chi connectivity index (χ1) is 12.4. The van der Waals surface area contributed by atoms with E-state index in [1.165, 1.54) is 0 Å². The number of aliphatic imine (C=N–C) groups is 1. The van der Waals surface area contributed by atoms with Crippen LogP contribution in [-0.2, 0) is 5.41 Å². The molecule has 27 heavy (non-hydrogen) atoms. The molecular weight excluding hydrogens is 457 g/mol. The third kappa shape index (κ3) is 6.20. The van der Waals surface area contributed by atoms with Crippen molar-refractivity contribution >= 4 is 35.6 Å². The van der Waals surface area contributed by atoms with Crippen molar-refractivity contribution < 1.29 is 14.2 Å². The second-order valence-electron chi connectivity index (χ2n) is 6.51. The van der Waals surface area contributed by atoms with E-state index in [1.54, 1.807) is 21.3 Å². The molecule has 0 atom stereocenters. The highest BCUT2D eigenvalue weighted by Gasteiger charge is 2.22. The fourth-order valence-electron chi connectivity index (χ4n) is 2.52. The average Bonchev–Trinajstić information content (AvgIpc) is 2.66. The number of benzene rings is 2. The molecule has 2 aromatic carbocycles. The van der Waals surface area contributed by atoms with Crippen molar-refractivity contribution in [2.24, 2.45) is 10.7 Å². The first kappa shape index (κ1) is 22.9. The van der Waals surface area contributed by atoms with Gasteiger partial charge in [0.25, 0.3) is 0 Å². The third-order valence-corrected chi connectivity index (χ3v) is 4.15. The second-order valence-corrected chi connectivity index (χ2v) is 6.51. The lowest BCUT2D eigenvalue weighted by molar-refractivity contribution is 0.353. The molecule has 2 aromatic rings. The molecule has 0 bridgehead atoms. The minimum absolute atomic E-state index is 0. The zero-order chi connectivity index (χ0) is 19.2. The van der Waals surface area contributed by atoms with E-state index in [-0.39, 0.29) is 29.4 Å². The quantitative estimate of drug-likeness (QED) is 0.352. The molecule has 0 radical (unpaired) electrons. The van der Waals surface area contributed by atoms with Crippen LogP contribution >= 0.6 is 24.0 Å². The zero-order valence-corrected chi connectivity index (χ0v) is 18.7. The number of methoxy groups -OCH3 is 3. The summed E-state index contributed by atoms with van der Waals surface area (Å²) in [5.74, 6) is 2.51. The standard InChI is InChI=1S/C20H27N3O3.HI/c1-20(2,14-9-10-17(25-4)18(11-14)26-5)13-22-19(21)23-15-7-6-8-16(12-15)24-3;/h6-12H,13H2,1-5H3,(H3,21,22,23);1H. The van der Waals surface area contributed by atoms with Crippen molar-refractivity contribution in [3.05, 3.63) is 48.0 Å². The van der Waals surface area contributed by atoms with Crippen LogP contribution in [0.3, 0.4) is 0 Å². The van der Waals surface area contributed by atoms with Gasteiger partial charge in [-0.05, 0) is 29.8 Å². The average molecular weight is 485 g/mol. The number of halogens is 1. The van der Waals surface area contributed by atoms with Gasteiger partial charge in [-0.3, -0.25) is 4.99 Å². The highest BCUT2D eigenvalue weighted by Crippen LogP contribution is 2.33. The first-order valence-electron chi connectivity index (χ1n) is 8.33. The highest BCUT2D eigenvalue weighted by molar-refractivity contribution is 14.0. The van der Waals surface area contributed by atoms with Crippen molar-refractivity contribution in [3.8, 4) is 17.2 Å². The predicted octanol–water partition coefficient (Wildman–Crippen LogP) is 4.03. The third-order valence-electron chi connectivity index (χ3n) is 4.15. The summed E-state index contributed by atoms with van der Waals surface area (Å²) in [7, 11) is 4.88. The Bertz CT molecular complexity index is 779. The lowest BCUT2D eigenvalue weighted by Gasteiger charge is -2.24. The van der Waals surface area contributed by atoms with Crippen LogP contribution in [0.15, 0.2) is 47.5 Å². The van der Waals surface area contributed by atoms with Crippen LogP contribution in [0, 0.1) is 0 Å². The number of hydrogen-bond acceptors (Lipinski definition) is 4. The molecule has 0 amide bonds. The van der Waals surface area contributed by atoms with Crippen LogP contribution in [0.25, 0.3) is 0 Å². The van der Waals surface area contributed by atoms with Gasteiger partial charge in [-0.1, -0.05) is 26.0 Å². The molecule has 148 valence electrons. The molecule has 0 aliphatic carbocycles. The summed E-state index contributed by atoms with van der Waals surface area (Å²) < 4.78 is 15.9. The van der Waals surface area contributed by atoms with Crippen molar-refractivity contribution in [2.75, 3.05) is 33.2 Å². The van der Waals surface area contributed by atoms with Crippen molar-refractivity contribution in [3.63, 3.8) is 0 Å². The van der Waals surface area contributed by atoms with E-state index in [9.17, 15) is 0 Å². The van der Waals surface area contributed by atoms with E-state index in [4.69, 9.17) is 19.9 Å². The van der Waals surface area contributed by atoms with E-state index in [1.807, 2.05) is 42.5 Å². The molecule has 0 spiro atoms. The molecule has 0 fully saturated rings. The van der Waals surface area contributed by atoms with Gasteiger partial charge < -0.3 is 25.3 Å². The van der Waals surface area contributed by atoms with Crippen molar-refractivity contribution in [1.82, 2.24) is 0 Å². The summed E-state index contributed by atoms with van der Waals surface area (Å²) in [6, 6.07) is 13.4. The maximum atomic E-state index is 6.04. The van der Waals surface area contributed by atoms with Gasteiger partial charge in [0, 0.05) is 17.2 Å². The van der Waals surface area contributed by atoms with E-state index in [0.717, 1.165) is 17.0 Å². The monoisotopic (exact) mass is 485 g/mol. The van der Waals surface area contributed by atoms with Crippen molar-refractivity contribution in [2.45, 2.75) is 19.3 Å². The van der Waals surface area contributed by atoms with Crippen molar-refractivity contribution in [1.29, 1.82) is 0 Å². The van der Waals surface area contributed by atoms with Crippen LogP contribution in [0.5, 0.6) is 17.2 Å². The second kappa shape index (κ2) is 10.2. The molecular formula is C20H28IN3O3. The molecule has 0 aliphatic heterocycles. The van der Waals surface area contributed by atoms with Gasteiger partial charge in [0.1, 0.15) is 5.75 Å². The van der Waals surface area contributed by atoms with Crippen LogP contribution in [0.4, 0.5) is 5.69 Å². The van der Waals surface area contributed by atoms with Crippen LogP contribution in [-0.4, -0.2) is 33.8 Å². The van der Waals surface area contributed by atoms with E-state index in [0.29, 0.717) is 24.0 Å². The maximum absolute atomic E-state index is 6.04. The summed E-state index contributed by atoms with van der Waals surface area (Å²) in [5, 5.41) is 3.08. The lowest BCUT2D eigenvalue weighted by Crippen LogP contribution is -2.27. The summed E-state index contributed by atoms with van der Waals surface area (Å²) in [5.41, 5.74) is 7.73. The number of anilines is 1. The number of nitrogens with zero attached hydrogens (tertiary/aromatic N) is 1. The van der Waals surface area contributed by atoms with Crippen LogP contribution in [0.2, 0.25) is 0 Å². The van der Waals surface area contributed by atoms with Gasteiger partial charge in [-0.25, -0.2) is 0 Å². The van der Waals surface area contributed by atoms with Crippen LogP contribution in [0.1, 0.15) is 19.4 Å². The molecule has 3 N–H and O–H groups in total. The highest BCUT2D eigenvalue weighted by atomic mass is 127. The largest absolute Gasteiger partial charge is 0.497 e. The Morgan fingerprint density at radius 1 is 1.00 bits per heavy atom. The molecule has 0 saturated carbocycles. The molecule has 7 heteroatoms. The van der Waals surface area contributed by atoms with Crippen LogP contribution < -0.4 is 25.3 Å². The number of nitrogens with two attached hydrogens (primary N) is 1. The molecule has 2 rings (SSSR count). The van der Waals surface area contributed by atoms with Gasteiger partial charge in [0.05, 0.1) is 27.9 Å².